The van der Waals surface area contributed by atoms with Crippen molar-refractivity contribution in [2.45, 2.75) is 12.4 Å². The molecule has 0 aliphatic rings. The van der Waals surface area contributed by atoms with Crippen LogP contribution in [0.2, 0.25) is 5.02 Å². The van der Waals surface area contributed by atoms with E-state index in [9.17, 15) is 35.9 Å². The Morgan fingerprint density at radius 1 is 0.361 bits per heavy atom. The number of rotatable bonds is 28. The van der Waals surface area contributed by atoms with Crippen LogP contribution in [0.4, 0.5) is 26.3 Å². The van der Waals surface area contributed by atoms with Crippen molar-refractivity contribution in [3.8, 4) is 5.75 Å². The first-order valence-corrected chi connectivity index (χ1v) is 336. The normalized spacial score (nSPS) is 15.8. The monoisotopic (exact) mass is 7080 g/mol. The second-order valence-electron chi connectivity index (χ2n) is 9.31. The molecule has 0 heterocycles. The summed E-state index contributed by atoms with van der Waals surface area (Å²) in [7, 11) is -13.5. The van der Waals surface area contributed by atoms with Crippen LogP contribution in [0.15, 0.2) is 48.5 Å². The summed E-state index contributed by atoms with van der Waals surface area (Å²) < 4.78 is 71.4. The Balaban J connectivity index is 0. The molecule has 0 amide bonds. The zero-order valence-corrected chi connectivity index (χ0v) is 148. The van der Waals surface area contributed by atoms with Gasteiger partial charge in [0.1, 0.15) is 17.9 Å². The first-order chi connectivity index (χ1) is 37.8. The Labute approximate surface area is 832 Å². The average Bonchev–Trinajstić information content (AvgIpc) is 3.43. The molecular formula is C18H15ClF6I52O6. The van der Waals surface area contributed by atoms with Gasteiger partial charge in [-0.1, -0.05) is 35.9 Å². The predicted octanol–water partition coefficient (Wildman–Crippen LogP) is 51.0. The molecule has 0 aliphatic heterocycles. The van der Waals surface area contributed by atoms with Crippen LogP contribution in [0, 0.1) is 0 Å². The van der Waals surface area contributed by atoms with Crippen LogP contribution >= 0.6 is 712 Å². The van der Waals surface area contributed by atoms with Crippen molar-refractivity contribution in [3.63, 3.8) is 0 Å². The smallest absolute Gasteiger partial charge is 0.422 e. The van der Waals surface area contributed by atoms with E-state index in [0.717, 1.165) is 0 Å². The van der Waals surface area contributed by atoms with Crippen molar-refractivity contribution in [1.82, 2.24) is 0 Å². The average molecular weight is 7080 g/mol. The van der Waals surface area contributed by atoms with Crippen LogP contribution in [0.25, 0.3) is 0 Å². The summed E-state index contributed by atoms with van der Waals surface area (Å²) in [5.74, 6) is -2.61. The fourth-order valence-corrected chi connectivity index (χ4v) is 9640. The Morgan fingerprint density at radius 3 is 0.723 bits per heavy atom. The van der Waals surface area contributed by atoms with Crippen LogP contribution < -0.4 is 4.74 Å². The van der Waals surface area contributed by atoms with Gasteiger partial charge < -0.3 is 20.1 Å². The molecule has 83 heavy (non-hydrogen) atoms. The van der Waals surface area contributed by atoms with Crippen LogP contribution in [-0.4, -0.2) is 52.8 Å². The second kappa shape index (κ2) is 69.0. The van der Waals surface area contributed by atoms with Crippen LogP contribution in [-0.2, 0) is 0 Å². The molecule has 65 heteroatoms. The van der Waals surface area contributed by atoms with Gasteiger partial charge in [0, 0.05) is 0 Å². The number of carboxylic acid groups (broad SMARTS) is 2. The van der Waals surface area contributed by atoms with Gasteiger partial charge in [0.05, 0.1) is 10.6 Å². The van der Waals surface area contributed by atoms with Gasteiger partial charge in [-0.05, 0) is 24.3 Å². The Hall–Kier alpha value is 35.0. The van der Waals surface area contributed by atoms with Crippen molar-refractivity contribution in [2.75, 3.05) is 13.2 Å². The largest absolute Gasteiger partial charge is 0.483 e. The topological polar surface area (TPSA) is 104 Å². The van der Waals surface area contributed by atoms with E-state index >= 15 is 0 Å². The third-order valence-electron chi connectivity index (χ3n) is 4.75. The van der Waals surface area contributed by atoms with Crippen LogP contribution in [0.5, 0.6) is 5.75 Å². The minimum atomic E-state index is -4.48. The molecule has 0 aromatic heterocycles. The van der Waals surface area contributed by atoms with E-state index in [2.05, 4.69) is 507 Å². The molecule has 0 atom stereocenters. The third kappa shape index (κ3) is 53.5. The van der Waals surface area contributed by atoms with E-state index in [4.69, 9.17) is 26.9 Å². The summed E-state index contributed by atoms with van der Waals surface area (Å²) in [5, 5.41) is 24.7. The molecule has 3 N–H and O–H groups in total. The molecule has 0 fully saturated rings. The van der Waals surface area contributed by atoms with Crippen molar-refractivity contribution < 1.29 is 56.0 Å². The fraction of sp³-hybridized carbons (Fsp3) is 0.222. The number of alkyl halides is 6. The molecule has 6 nitrogen and oxygen atoms in total. The molecule has 0 saturated carbocycles. The fourth-order valence-electron chi connectivity index (χ4n) is 2.27. The van der Waals surface area contributed by atoms with Crippen molar-refractivity contribution in [2.24, 2.45) is 0 Å². The Kier molecular flexibility index (Phi) is 99.8. The Bertz CT molecular complexity index is 2080. The molecule has 2 aromatic carbocycles. The number of carbonyl (C=O) groups is 2. The maximum absolute atomic E-state index is 11.8. The van der Waals surface area contributed by atoms with E-state index in [-0.39, 0.29) is 21.9 Å². The number of hydrogen-bond donors (Lipinski definition) is 3. The molecule has 0 saturated heterocycles. The Morgan fingerprint density at radius 2 is 0.554 bits per heavy atom. The quantitative estimate of drug-likeness (QED) is 0.0579. The molecule has 0 radical (unpaired) electrons. The number of hydrogen-bond acceptors (Lipinski definition) is 4. The molecule has 2 rings (SSSR count). The molecular weight excluding hydrogens is 7060 g/mol. The van der Waals surface area contributed by atoms with E-state index in [1.54, 1.807) is 18.2 Å². The van der Waals surface area contributed by atoms with Gasteiger partial charge in [0.15, 0.2) is 6.61 Å². The van der Waals surface area contributed by atoms with Crippen molar-refractivity contribution in [1.29, 1.82) is 0 Å². The summed E-state index contributed by atoms with van der Waals surface area (Å²) in [6.45, 7) is -3.23. The van der Waals surface area contributed by atoms with Gasteiger partial charge in [-0.15, -0.1) is 0 Å². The molecule has 0 unspecified atom stereocenters. The molecule has 0 bridgehead atoms. The summed E-state index contributed by atoms with van der Waals surface area (Å²) in [6.07, 6.45) is -8.88. The summed E-state index contributed by atoms with van der Waals surface area (Å²) in [6, 6.07) is 11.5. The first-order valence-electron chi connectivity index (χ1n) is 15.1. The van der Waals surface area contributed by atoms with Crippen LogP contribution in [0.3, 0.4) is 0 Å². The van der Waals surface area contributed by atoms with E-state index in [0.29, 0.717) is 0 Å². The predicted molar refractivity (Wildman–Crippen MR) is 826 cm³/mol. The van der Waals surface area contributed by atoms with Crippen LogP contribution in [0.1, 0.15) is 20.7 Å². The van der Waals surface area contributed by atoms with E-state index in [1.807, 2.05) is 0 Å². The molecule has 0 spiro atoms. The summed E-state index contributed by atoms with van der Waals surface area (Å²) in [4.78, 5) is 20.9. The van der Waals surface area contributed by atoms with Gasteiger partial charge in [0.2, 0.25) is 0 Å². The summed E-state index contributed by atoms with van der Waals surface area (Å²) >= 11 is 93.9. The summed E-state index contributed by atoms with van der Waals surface area (Å²) in [5.41, 5.74) is -0.147. The minimum absolute atomic E-state index is 0.143. The number of ether oxygens (including phenoxy) is 1. The molecule has 0 aliphatic carbocycles. The molecule has 536 valence electrons. The number of aromatic carboxylic acids is 2. The number of halogens is 59. The number of carboxylic acids is 2. The minimum Gasteiger partial charge on any atom is -0.483 e. The number of aliphatic hydroxyl groups is 1. The van der Waals surface area contributed by atoms with E-state index in [1.165, 1.54) is 30.3 Å². The number of benzene rings is 2. The van der Waals surface area contributed by atoms with Crippen molar-refractivity contribution >= 4 is 724 Å². The zero-order valence-electron chi connectivity index (χ0n) is 34.9. The van der Waals surface area contributed by atoms with Gasteiger partial charge in [-0.3, -0.25) is 0 Å². The number of para-hydroxylation sites is 1. The van der Waals surface area contributed by atoms with Crippen molar-refractivity contribution in [3.05, 3.63) is 64.7 Å². The first kappa shape index (κ1) is 120. The maximum Gasteiger partial charge on any atom is 0.422 e. The molecule has 2 aromatic rings. The van der Waals surface area contributed by atoms with Gasteiger partial charge in [-0.25, -0.2) is 9.59 Å². The SMILES string of the molecule is II(I)I(I)I(I)I(I)I(I)I(I)I(I)I(I)I(I)I(I)I(I)I(I)I(I)I(I)I(I)I(I)I(I)I(I)I(I)I(I)I(I)I(I)I(I)I(I)I(I)I.O=C(O)c1ccccc1Cl.O=C(O)c1ccccc1OCC(F)(F)F.OCC(F)(F)F. The van der Waals surface area contributed by atoms with Gasteiger partial charge in [-0.2, -0.15) is 26.3 Å². The van der Waals surface area contributed by atoms with Gasteiger partial charge in [0.25, 0.3) is 0 Å². The second-order valence-corrected chi connectivity index (χ2v) is 1230. The zero-order chi connectivity index (χ0) is 65.7. The maximum atomic E-state index is 11.8. The van der Waals surface area contributed by atoms with Gasteiger partial charge >= 0.3 is 724 Å². The van der Waals surface area contributed by atoms with E-state index < -0.39 is 235 Å². The number of aliphatic hydroxyl groups excluding tert-OH is 1. The standard InChI is InChI=1S/C9H7F3O3.C7H5ClO2.C2H3F3O.I52/c10-9(11,12)5-15-7-4-2-1-3-6(7)8(13)14;8-6-4-2-1-3-5(6)7(9)10;3-2(4,5)1-6;1-28(2)30(5)32(7)34(9)36(11)38(13)40(15)42(17)44(19)46(21)48(23)50(25)52(27)51(26)49(24)47(22)45(20)43(18)41(16)39(14)37(12)35(10)33(8)31(6)29(3)4/h1-4H,5H2,(H,13,14);1-4H,(H,9,10);6H,1H2;. The third-order valence-corrected chi connectivity index (χ3v) is 3970.